The lowest BCUT2D eigenvalue weighted by atomic mass is 9.92. The highest BCUT2D eigenvalue weighted by molar-refractivity contribution is 6.32. The quantitative estimate of drug-likeness (QED) is 0.822. The molecule has 0 atom stereocenters. The highest BCUT2D eigenvalue weighted by Crippen LogP contribution is 2.33. The molecule has 0 bridgehead atoms. The van der Waals surface area contributed by atoms with Crippen LogP contribution in [0.15, 0.2) is 6.07 Å². The Bertz CT molecular complexity index is 359. The lowest BCUT2D eigenvalue weighted by Crippen LogP contribution is -2.34. The monoisotopic (exact) mass is 231 g/mol. The van der Waals surface area contributed by atoms with Gasteiger partial charge in [-0.3, -0.25) is 0 Å². The first-order valence-corrected chi connectivity index (χ1v) is 5.05. The third-order valence-corrected chi connectivity index (χ3v) is 2.50. The van der Waals surface area contributed by atoms with E-state index in [9.17, 15) is 9.50 Å². The second-order valence-corrected chi connectivity index (χ2v) is 4.86. The summed E-state index contributed by atoms with van der Waals surface area (Å²) in [4.78, 5) is 0. The predicted octanol–water partition coefficient (Wildman–Crippen LogP) is 2.77. The van der Waals surface area contributed by atoms with Crippen molar-refractivity contribution in [1.82, 2.24) is 0 Å². The van der Waals surface area contributed by atoms with Crippen LogP contribution < -0.4 is 5.73 Å². The lowest BCUT2D eigenvalue weighted by molar-refractivity contribution is 0.445. The standard InChI is InChI=1S/C11H15ClFNO/c1-6-7(5-11(2,3)14)10(15)8(12)4-9(6)13/h4,15H,5,14H2,1-3H3. The van der Waals surface area contributed by atoms with E-state index in [2.05, 4.69) is 0 Å². The molecule has 1 aromatic carbocycles. The van der Waals surface area contributed by atoms with E-state index in [0.717, 1.165) is 6.07 Å². The van der Waals surface area contributed by atoms with Gasteiger partial charge in [0.2, 0.25) is 0 Å². The summed E-state index contributed by atoms with van der Waals surface area (Å²) in [6, 6.07) is 1.11. The highest BCUT2D eigenvalue weighted by Gasteiger charge is 2.20. The lowest BCUT2D eigenvalue weighted by Gasteiger charge is -2.21. The Morgan fingerprint density at radius 3 is 2.53 bits per heavy atom. The SMILES string of the molecule is Cc1c(F)cc(Cl)c(O)c1CC(C)(C)N. The maximum atomic E-state index is 13.4. The number of phenols is 1. The maximum absolute atomic E-state index is 13.4. The molecule has 0 radical (unpaired) electrons. The smallest absolute Gasteiger partial charge is 0.137 e. The minimum atomic E-state index is -0.515. The first-order chi connectivity index (χ1) is 6.72. The molecular weight excluding hydrogens is 217 g/mol. The fourth-order valence-corrected chi connectivity index (χ4v) is 1.64. The highest BCUT2D eigenvalue weighted by atomic mass is 35.5. The van der Waals surface area contributed by atoms with Gasteiger partial charge in [0.1, 0.15) is 11.6 Å². The molecule has 0 unspecified atom stereocenters. The predicted molar refractivity (Wildman–Crippen MR) is 59.8 cm³/mol. The first-order valence-electron chi connectivity index (χ1n) is 4.67. The number of halogens is 2. The van der Waals surface area contributed by atoms with Gasteiger partial charge in [-0.15, -0.1) is 0 Å². The molecule has 0 aliphatic carbocycles. The molecule has 1 aromatic rings. The van der Waals surface area contributed by atoms with Crippen molar-refractivity contribution in [2.24, 2.45) is 5.73 Å². The molecule has 15 heavy (non-hydrogen) atoms. The van der Waals surface area contributed by atoms with Crippen LogP contribution in [-0.2, 0) is 6.42 Å². The molecule has 0 heterocycles. The van der Waals surface area contributed by atoms with Crippen molar-refractivity contribution in [2.75, 3.05) is 0 Å². The third kappa shape index (κ3) is 2.83. The maximum Gasteiger partial charge on any atom is 0.137 e. The summed E-state index contributed by atoms with van der Waals surface area (Å²) in [6.07, 6.45) is 0.377. The summed E-state index contributed by atoms with van der Waals surface area (Å²) >= 11 is 5.69. The number of benzene rings is 1. The number of aromatic hydroxyl groups is 1. The van der Waals surface area contributed by atoms with Crippen LogP contribution in [0.1, 0.15) is 25.0 Å². The van der Waals surface area contributed by atoms with Crippen molar-refractivity contribution in [3.63, 3.8) is 0 Å². The number of phenolic OH excluding ortho intramolecular Hbond substituents is 1. The molecule has 0 saturated carbocycles. The van der Waals surface area contributed by atoms with E-state index in [1.165, 1.54) is 0 Å². The fraction of sp³-hybridized carbons (Fsp3) is 0.455. The Balaban J connectivity index is 3.27. The molecule has 0 aliphatic rings. The number of nitrogens with two attached hydrogens (primary N) is 1. The molecule has 3 N–H and O–H groups in total. The fourth-order valence-electron chi connectivity index (χ4n) is 1.43. The molecule has 0 aromatic heterocycles. The second-order valence-electron chi connectivity index (χ2n) is 4.46. The van der Waals surface area contributed by atoms with Crippen LogP contribution in [0.3, 0.4) is 0 Å². The van der Waals surface area contributed by atoms with Crippen molar-refractivity contribution >= 4 is 11.6 Å². The van der Waals surface area contributed by atoms with Gasteiger partial charge in [0.25, 0.3) is 0 Å². The zero-order valence-electron chi connectivity index (χ0n) is 9.06. The van der Waals surface area contributed by atoms with Gasteiger partial charge >= 0.3 is 0 Å². The van der Waals surface area contributed by atoms with Gasteiger partial charge in [-0.25, -0.2) is 4.39 Å². The minimum absolute atomic E-state index is 0.0253. The average Bonchev–Trinajstić information content (AvgIpc) is 2.08. The van der Waals surface area contributed by atoms with Crippen LogP contribution in [0.2, 0.25) is 5.02 Å². The van der Waals surface area contributed by atoms with Gasteiger partial charge in [0, 0.05) is 11.1 Å². The van der Waals surface area contributed by atoms with E-state index in [0.29, 0.717) is 17.5 Å². The van der Waals surface area contributed by atoms with Crippen LogP contribution in [0.25, 0.3) is 0 Å². The molecule has 0 aliphatic heterocycles. The molecule has 0 spiro atoms. The molecule has 2 nitrogen and oxygen atoms in total. The molecule has 0 fully saturated rings. The molecule has 0 saturated heterocycles. The third-order valence-electron chi connectivity index (χ3n) is 2.21. The molecule has 0 amide bonds. The van der Waals surface area contributed by atoms with E-state index >= 15 is 0 Å². The van der Waals surface area contributed by atoms with E-state index < -0.39 is 11.4 Å². The van der Waals surface area contributed by atoms with Crippen LogP contribution in [-0.4, -0.2) is 10.6 Å². The zero-order chi connectivity index (χ0) is 11.8. The average molecular weight is 232 g/mol. The van der Waals surface area contributed by atoms with Crippen molar-refractivity contribution in [3.05, 3.63) is 28.0 Å². The molecule has 4 heteroatoms. The summed E-state index contributed by atoms with van der Waals surface area (Å²) < 4.78 is 13.4. The van der Waals surface area contributed by atoms with Crippen LogP contribution in [0.5, 0.6) is 5.75 Å². The number of hydrogen-bond acceptors (Lipinski definition) is 2. The van der Waals surface area contributed by atoms with Gasteiger partial charge in [-0.05, 0) is 38.8 Å². The first kappa shape index (κ1) is 12.3. The summed E-state index contributed by atoms with van der Waals surface area (Å²) in [7, 11) is 0. The van der Waals surface area contributed by atoms with E-state index in [4.69, 9.17) is 17.3 Å². The largest absolute Gasteiger partial charge is 0.506 e. The van der Waals surface area contributed by atoms with Gasteiger partial charge in [0.15, 0.2) is 0 Å². The van der Waals surface area contributed by atoms with E-state index in [1.807, 2.05) is 13.8 Å². The van der Waals surface area contributed by atoms with Gasteiger partial charge in [0.05, 0.1) is 5.02 Å². The summed E-state index contributed by atoms with van der Waals surface area (Å²) in [6.45, 7) is 5.22. The van der Waals surface area contributed by atoms with E-state index in [1.54, 1.807) is 6.92 Å². The number of rotatable bonds is 2. The van der Waals surface area contributed by atoms with E-state index in [-0.39, 0.29) is 10.8 Å². The van der Waals surface area contributed by atoms with Gasteiger partial charge < -0.3 is 10.8 Å². The summed E-state index contributed by atoms with van der Waals surface area (Å²) in [5, 5.41) is 9.74. The minimum Gasteiger partial charge on any atom is -0.506 e. The number of hydrogen-bond donors (Lipinski definition) is 2. The van der Waals surface area contributed by atoms with Crippen LogP contribution >= 0.6 is 11.6 Å². The van der Waals surface area contributed by atoms with Crippen molar-refractivity contribution in [1.29, 1.82) is 0 Å². The van der Waals surface area contributed by atoms with Crippen LogP contribution in [0.4, 0.5) is 4.39 Å². The topological polar surface area (TPSA) is 46.2 Å². The Morgan fingerprint density at radius 2 is 2.07 bits per heavy atom. The van der Waals surface area contributed by atoms with Crippen molar-refractivity contribution in [3.8, 4) is 5.75 Å². The Hall–Kier alpha value is -0.800. The van der Waals surface area contributed by atoms with Crippen LogP contribution in [0, 0.1) is 12.7 Å². The molecular formula is C11H15ClFNO. The Labute approximate surface area is 93.9 Å². The second kappa shape index (κ2) is 3.99. The van der Waals surface area contributed by atoms with Crippen molar-refractivity contribution in [2.45, 2.75) is 32.7 Å². The Kier molecular flexibility index (Phi) is 3.26. The molecule has 1 rings (SSSR count). The summed E-state index contributed by atoms with van der Waals surface area (Å²) in [5.74, 6) is -0.494. The normalized spacial score (nSPS) is 11.9. The molecule has 84 valence electrons. The van der Waals surface area contributed by atoms with Gasteiger partial charge in [-0.1, -0.05) is 11.6 Å². The van der Waals surface area contributed by atoms with Crippen molar-refractivity contribution < 1.29 is 9.50 Å². The Morgan fingerprint density at radius 1 is 1.53 bits per heavy atom. The zero-order valence-corrected chi connectivity index (χ0v) is 9.82. The van der Waals surface area contributed by atoms with Gasteiger partial charge in [-0.2, -0.15) is 0 Å². The summed E-state index contributed by atoms with van der Waals surface area (Å²) in [5.41, 5.74) is 6.19.